The molecule has 1 atom stereocenters. The predicted molar refractivity (Wildman–Crippen MR) is 80.0 cm³/mol. The molecular weight excluding hydrogens is 270 g/mol. The van der Waals surface area contributed by atoms with E-state index in [9.17, 15) is 0 Å². The van der Waals surface area contributed by atoms with Gasteiger partial charge in [0.25, 0.3) is 0 Å². The van der Waals surface area contributed by atoms with Gasteiger partial charge in [-0.25, -0.2) is 9.67 Å². The molecule has 2 heterocycles. The first-order valence-corrected chi connectivity index (χ1v) is 7.96. The van der Waals surface area contributed by atoms with Gasteiger partial charge in [-0.15, -0.1) is 11.3 Å². The minimum Gasteiger partial charge on any atom is -0.396 e. The van der Waals surface area contributed by atoms with Crippen LogP contribution >= 0.6 is 11.3 Å². The van der Waals surface area contributed by atoms with Crippen LogP contribution in [-0.2, 0) is 12.0 Å². The van der Waals surface area contributed by atoms with Gasteiger partial charge in [-0.05, 0) is 36.6 Å². The van der Waals surface area contributed by atoms with Gasteiger partial charge in [0.05, 0.1) is 5.41 Å². The fourth-order valence-corrected chi connectivity index (χ4v) is 4.30. The second kappa shape index (κ2) is 4.67. The number of thiophene rings is 1. The Kier molecular flexibility index (Phi) is 3.21. The van der Waals surface area contributed by atoms with Crippen molar-refractivity contribution in [2.45, 2.75) is 45.6 Å². The monoisotopic (exact) mass is 291 g/mol. The van der Waals surface area contributed by atoms with Crippen LogP contribution in [0.2, 0.25) is 0 Å². The summed E-state index contributed by atoms with van der Waals surface area (Å²) in [6.07, 6.45) is 1.83. The van der Waals surface area contributed by atoms with Crippen LogP contribution in [0.3, 0.4) is 0 Å². The summed E-state index contributed by atoms with van der Waals surface area (Å²) in [7, 11) is 0. The van der Waals surface area contributed by atoms with E-state index < -0.39 is 0 Å². The molecule has 20 heavy (non-hydrogen) atoms. The summed E-state index contributed by atoms with van der Waals surface area (Å²) in [6.45, 7) is 7.46. The minimum absolute atomic E-state index is 0.00210. The molecule has 1 N–H and O–H groups in total. The Balaban J connectivity index is 2.06. The molecule has 2 aromatic heterocycles. The van der Waals surface area contributed by atoms with Crippen LogP contribution in [0, 0.1) is 12.3 Å². The highest BCUT2D eigenvalue weighted by atomic mass is 32.1. The molecule has 5 heteroatoms. The van der Waals surface area contributed by atoms with E-state index in [2.05, 4.69) is 36.5 Å². The lowest BCUT2D eigenvalue weighted by molar-refractivity contribution is 0.275. The first-order valence-electron chi connectivity index (χ1n) is 7.08. The molecule has 0 spiro atoms. The van der Waals surface area contributed by atoms with Crippen molar-refractivity contribution in [2.24, 2.45) is 5.41 Å². The molecule has 0 amide bonds. The molecule has 1 aliphatic rings. The van der Waals surface area contributed by atoms with Gasteiger partial charge in [-0.2, -0.15) is 5.10 Å². The number of hydrogen-bond donors (Lipinski definition) is 1. The van der Waals surface area contributed by atoms with Crippen LogP contribution < -0.4 is 0 Å². The van der Waals surface area contributed by atoms with Crippen molar-refractivity contribution < 1.29 is 5.11 Å². The van der Waals surface area contributed by atoms with Crippen LogP contribution in [0.15, 0.2) is 17.5 Å². The third-order valence-electron chi connectivity index (χ3n) is 4.37. The normalized spacial score (nSPS) is 24.0. The second-order valence-corrected chi connectivity index (χ2v) is 7.17. The van der Waals surface area contributed by atoms with E-state index in [4.69, 9.17) is 10.1 Å². The summed E-state index contributed by atoms with van der Waals surface area (Å²) in [5, 5.41) is 15.7. The number of aliphatic hydroxyl groups is 1. The lowest BCUT2D eigenvalue weighted by Crippen LogP contribution is -2.22. The molecular formula is C15H21N3OS. The highest BCUT2D eigenvalue weighted by molar-refractivity contribution is 7.10. The molecule has 0 aliphatic heterocycles. The number of hydrogen-bond acceptors (Lipinski definition) is 4. The highest BCUT2D eigenvalue weighted by Crippen LogP contribution is 2.68. The van der Waals surface area contributed by atoms with Crippen LogP contribution in [0.5, 0.6) is 0 Å². The number of aryl methyl sites for hydroxylation is 2. The van der Waals surface area contributed by atoms with Gasteiger partial charge >= 0.3 is 0 Å². The van der Waals surface area contributed by atoms with Crippen LogP contribution in [0.1, 0.15) is 43.2 Å². The number of aromatic nitrogens is 3. The van der Waals surface area contributed by atoms with E-state index in [1.807, 2.05) is 11.6 Å². The summed E-state index contributed by atoms with van der Waals surface area (Å²) < 4.78 is 2.00. The van der Waals surface area contributed by atoms with Crippen molar-refractivity contribution in [2.75, 3.05) is 6.61 Å². The van der Waals surface area contributed by atoms with Gasteiger partial charge < -0.3 is 5.11 Å². The smallest absolute Gasteiger partial charge is 0.147 e. The van der Waals surface area contributed by atoms with Gasteiger partial charge in [-0.1, -0.05) is 19.9 Å². The Bertz CT molecular complexity index is 603. The molecule has 1 saturated carbocycles. The third kappa shape index (κ3) is 1.91. The van der Waals surface area contributed by atoms with Crippen molar-refractivity contribution in [3.8, 4) is 0 Å². The molecule has 2 aromatic rings. The molecule has 1 aliphatic carbocycles. The van der Waals surface area contributed by atoms with E-state index in [-0.39, 0.29) is 17.4 Å². The van der Waals surface area contributed by atoms with Gasteiger partial charge in [0.1, 0.15) is 11.6 Å². The van der Waals surface area contributed by atoms with E-state index in [1.54, 1.807) is 11.3 Å². The quantitative estimate of drug-likeness (QED) is 0.921. The lowest BCUT2D eigenvalue weighted by Gasteiger charge is -2.19. The standard InChI is InChI=1S/C15H21N3OS/c1-11-16-13(18(17-11)7-5-8-19)15(10-14(15,2)3)12-6-4-9-20-12/h4,6,9,19H,5,7-8,10H2,1-3H3. The number of rotatable bonds is 5. The highest BCUT2D eigenvalue weighted by Gasteiger charge is 2.66. The summed E-state index contributed by atoms with van der Waals surface area (Å²) in [4.78, 5) is 6.10. The Labute approximate surface area is 123 Å². The van der Waals surface area contributed by atoms with E-state index >= 15 is 0 Å². The largest absolute Gasteiger partial charge is 0.396 e. The average Bonchev–Trinajstić information content (AvgIpc) is 2.84. The lowest BCUT2D eigenvalue weighted by atomic mass is 9.93. The maximum atomic E-state index is 9.07. The second-order valence-electron chi connectivity index (χ2n) is 6.23. The molecule has 108 valence electrons. The SMILES string of the molecule is Cc1nc(C2(c3cccs3)CC2(C)C)n(CCCO)n1. The zero-order valence-electron chi connectivity index (χ0n) is 12.3. The number of nitrogens with zero attached hydrogens (tertiary/aromatic N) is 3. The average molecular weight is 291 g/mol. The zero-order valence-corrected chi connectivity index (χ0v) is 13.1. The first-order chi connectivity index (χ1) is 9.51. The zero-order chi connectivity index (χ0) is 14.4. The molecule has 1 fully saturated rings. The molecule has 0 aromatic carbocycles. The Morgan fingerprint density at radius 1 is 1.45 bits per heavy atom. The summed E-state index contributed by atoms with van der Waals surface area (Å²) in [5.41, 5.74) is 0.214. The third-order valence-corrected chi connectivity index (χ3v) is 5.40. The molecule has 0 saturated heterocycles. The van der Waals surface area contributed by atoms with Gasteiger partial charge in [-0.3, -0.25) is 0 Å². The topological polar surface area (TPSA) is 50.9 Å². The van der Waals surface area contributed by atoms with Crippen molar-refractivity contribution >= 4 is 11.3 Å². The summed E-state index contributed by atoms with van der Waals surface area (Å²) in [6, 6.07) is 4.32. The Morgan fingerprint density at radius 3 is 2.75 bits per heavy atom. The molecule has 0 bridgehead atoms. The van der Waals surface area contributed by atoms with Gasteiger partial charge in [0.2, 0.25) is 0 Å². The van der Waals surface area contributed by atoms with E-state index in [1.165, 1.54) is 4.88 Å². The molecule has 1 unspecified atom stereocenters. The minimum atomic E-state index is -0.00210. The van der Waals surface area contributed by atoms with E-state index in [0.717, 1.165) is 31.0 Å². The fraction of sp³-hybridized carbons (Fsp3) is 0.600. The van der Waals surface area contributed by atoms with Crippen molar-refractivity contribution in [1.82, 2.24) is 14.8 Å². The van der Waals surface area contributed by atoms with E-state index in [0.29, 0.717) is 0 Å². The van der Waals surface area contributed by atoms with Crippen LogP contribution in [-0.4, -0.2) is 26.5 Å². The maximum Gasteiger partial charge on any atom is 0.147 e. The van der Waals surface area contributed by atoms with Crippen molar-refractivity contribution in [3.05, 3.63) is 34.0 Å². The predicted octanol–water partition coefficient (Wildman–Crippen LogP) is 2.75. The number of aliphatic hydroxyl groups excluding tert-OH is 1. The maximum absolute atomic E-state index is 9.07. The van der Waals surface area contributed by atoms with Crippen molar-refractivity contribution in [1.29, 1.82) is 0 Å². The summed E-state index contributed by atoms with van der Waals surface area (Å²) >= 11 is 1.80. The Morgan fingerprint density at radius 2 is 2.20 bits per heavy atom. The molecule has 3 rings (SSSR count). The van der Waals surface area contributed by atoms with Crippen molar-refractivity contribution in [3.63, 3.8) is 0 Å². The molecule has 0 radical (unpaired) electrons. The molecule has 4 nitrogen and oxygen atoms in total. The summed E-state index contributed by atoms with van der Waals surface area (Å²) in [5.74, 6) is 1.88. The first kappa shape index (κ1) is 13.8. The Hall–Kier alpha value is -1.20. The van der Waals surface area contributed by atoms with Gasteiger partial charge in [0, 0.05) is 18.0 Å². The van der Waals surface area contributed by atoms with Crippen LogP contribution in [0.25, 0.3) is 0 Å². The fourth-order valence-electron chi connectivity index (χ4n) is 3.20. The van der Waals surface area contributed by atoms with Crippen LogP contribution in [0.4, 0.5) is 0 Å². The van der Waals surface area contributed by atoms with Gasteiger partial charge in [0.15, 0.2) is 0 Å².